The Morgan fingerprint density at radius 3 is 2.06 bits per heavy atom. The maximum absolute atomic E-state index is 16.3. The van der Waals surface area contributed by atoms with Gasteiger partial charge in [-0.2, -0.15) is 8.78 Å². The van der Waals surface area contributed by atoms with E-state index in [0.29, 0.717) is 41.2 Å². The molecule has 0 radical (unpaired) electrons. The molecule has 0 spiro atoms. The van der Waals surface area contributed by atoms with E-state index in [1.54, 1.807) is 40.1 Å². The summed E-state index contributed by atoms with van der Waals surface area (Å²) in [6, 6.07) is 21.0. The first-order valence-corrected chi connectivity index (χ1v) is 39.9. The summed E-state index contributed by atoms with van der Waals surface area (Å²) in [4.78, 5) is 128. The molecule has 5 aromatic rings. The molecule has 2 aliphatic heterocycles. The van der Waals surface area contributed by atoms with Crippen LogP contribution in [-0.4, -0.2) is 119 Å². The first-order valence-electron chi connectivity index (χ1n) is 37.5. The number of aromatic nitrogens is 1. The lowest BCUT2D eigenvalue weighted by atomic mass is 9.77. The highest BCUT2D eigenvalue weighted by atomic mass is 32.1. The van der Waals surface area contributed by atoms with Crippen LogP contribution in [0.4, 0.5) is 18.9 Å². The number of carbonyl (C=O) groups excluding carboxylic acids is 9. The number of ether oxygens (including phenoxy) is 4. The fourth-order valence-corrected chi connectivity index (χ4v) is 15.7. The van der Waals surface area contributed by atoms with Crippen molar-refractivity contribution in [2.75, 3.05) is 25.1 Å². The second kappa shape index (κ2) is 35.9. The third-order valence-electron chi connectivity index (χ3n) is 20.5. The van der Waals surface area contributed by atoms with E-state index in [4.69, 9.17) is 33.7 Å². The van der Waals surface area contributed by atoms with Crippen LogP contribution in [0.5, 0.6) is 5.75 Å². The van der Waals surface area contributed by atoms with E-state index in [1.165, 1.54) is 76.0 Å². The fourth-order valence-electron chi connectivity index (χ4n) is 13.7. The van der Waals surface area contributed by atoms with Crippen LogP contribution < -0.4 is 31.3 Å². The number of thiazole rings is 1. The van der Waals surface area contributed by atoms with Gasteiger partial charge in [0.1, 0.15) is 11.8 Å². The maximum Gasteiger partial charge on any atom is 0.410 e. The number of rotatable bonds is 36. The minimum absolute atomic E-state index is 0.0420. The number of nitrogens with one attached hydrogen (secondary N) is 3. The molecular weight excluding hydrogens is 1460 g/mol. The number of carbonyl (C=O) groups is 9. The molecule has 0 bridgehead atoms. The first kappa shape index (κ1) is 85.5. The third-order valence-corrected chi connectivity index (χ3v) is 23.3. The van der Waals surface area contributed by atoms with Crippen molar-refractivity contribution in [3.63, 3.8) is 0 Å². The number of aryl methyl sites for hydroxylation is 3. The lowest BCUT2D eigenvalue weighted by Crippen LogP contribution is -2.54. The van der Waals surface area contributed by atoms with Gasteiger partial charge in [0, 0.05) is 48.8 Å². The van der Waals surface area contributed by atoms with E-state index in [-0.39, 0.29) is 70.9 Å². The van der Waals surface area contributed by atoms with E-state index in [9.17, 15) is 57.2 Å². The number of nitrogens with two attached hydrogens (primary N) is 1. The van der Waals surface area contributed by atoms with E-state index < -0.39 is 155 Å². The van der Waals surface area contributed by atoms with Crippen LogP contribution in [0.2, 0.25) is 0 Å². The molecule has 1 aromatic heterocycles. The van der Waals surface area contributed by atoms with Gasteiger partial charge in [0.25, 0.3) is 5.91 Å². The van der Waals surface area contributed by atoms with Crippen LogP contribution in [-0.2, 0) is 109 Å². The van der Waals surface area contributed by atoms with Gasteiger partial charge >= 0.3 is 25.2 Å². The molecule has 5 amide bonds. The van der Waals surface area contributed by atoms with Crippen molar-refractivity contribution in [1.82, 2.24) is 20.9 Å². The molecule has 9 rings (SSSR count). The molecule has 28 heteroatoms. The van der Waals surface area contributed by atoms with Crippen molar-refractivity contribution in [2.24, 2.45) is 39.7 Å². The molecule has 6 N–H and O–H groups in total. The molecule has 1 unspecified atom stereocenters. The highest BCUT2D eigenvalue weighted by Crippen LogP contribution is 2.67. The standard InChI is InChI=1S/C82H104F3N6O17PS/c1-48(53-28-30-59(31-29-53)82(84,85)109(102,107-46-105-76(100)79(7,8)9)108-47-106-77(101)80(10,11)12)37-60(92)38-57-26-24-54-18-16-19-55-39-65(91(68(54)55)74(57)98)73(97)89-64(32-33-67(86)94)50(3)104-44-52-22-20-51(21-23-52)17-14-13-15-36-103-66-40-56(70-49(2)88-45-110-70)25-27-58(66)43-87-72(96)63-42-61(93)41-62(63)69(95)71(78(4,5)6)90-75(99)81(83)34-35-81/h16,18-23,25,27-31,37,40,45,50,57,61-65,71,93H,13-15,17,24,26,32-36,38-39,41-44,46-47H2,1-12H3,(H2,86,94)(H,87,96)(H,89,97)(H,90,99)/b48-37+/t50-,57-,61+,62?,63-,64+,65+,71-/m1/s1. The van der Waals surface area contributed by atoms with Crippen LogP contribution in [0.25, 0.3) is 16.0 Å². The zero-order chi connectivity index (χ0) is 80.4. The molecule has 23 nitrogen and oxygen atoms in total. The van der Waals surface area contributed by atoms with Crippen LogP contribution in [0.3, 0.4) is 0 Å². The van der Waals surface area contributed by atoms with Crippen molar-refractivity contribution in [3.05, 3.63) is 141 Å². The Hall–Kier alpha value is -8.46. The summed E-state index contributed by atoms with van der Waals surface area (Å²) in [5.74, 6) is -7.33. The number of halogens is 3. The van der Waals surface area contributed by atoms with Gasteiger partial charge in [0.05, 0.1) is 76.0 Å². The predicted molar refractivity (Wildman–Crippen MR) is 407 cm³/mol. The Balaban J connectivity index is 0.769. The topological polar surface area (TPSA) is 325 Å². The highest BCUT2D eigenvalue weighted by molar-refractivity contribution is 7.54. The van der Waals surface area contributed by atoms with Gasteiger partial charge in [-0.05, 0) is 189 Å². The molecular formula is C82H104F3N6O17PS. The van der Waals surface area contributed by atoms with E-state index in [2.05, 4.69) is 20.9 Å². The van der Waals surface area contributed by atoms with Crippen molar-refractivity contribution < 1.29 is 94.0 Å². The summed E-state index contributed by atoms with van der Waals surface area (Å²) < 4.78 is 94.1. The number of amides is 5. The normalized spacial score (nSPS) is 19.3. The number of hydrogen-bond acceptors (Lipinski definition) is 19. The Morgan fingerprint density at radius 2 is 1.45 bits per heavy atom. The Morgan fingerprint density at radius 1 is 0.818 bits per heavy atom. The summed E-state index contributed by atoms with van der Waals surface area (Å²) in [5.41, 5.74) is 4.65. The number of nitrogens with zero attached hydrogens (tertiary/aromatic N) is 2. The van der Waals surface area contributed by atoms with Crippen LogP contribution in [0, 0.1) is 40.9 Å². The number of hydrogen-bond donors (Lipinski definition) is 5. The number of aliphatic hydroxyl groups is 1. The maximum atomic E-state index is 16.3. The molecule has 2 saturated carbocycles. The Bertz CT molecular complexity index is 4240. The molecule has 8 atom stereocenters. The van der Waals surface area contributed by atoms with Crippen molar-refractivity contribution in [1.29, 1.82) is 0 Å². The highest BCUT2D eigenvalue weighted by Gasteiger charge is 2.57. The molecule has 4 aliphatic rings. The molecule has 596 valence electrons. The van der Waals surface area contributed by atoms with E-state index in [1.807, 2.05) is 67.6 Å². The van der Waals surface area contributed by atoms with Gasteiger partial charge in [0.15, 0.2) is 17.2 Å². The predicted octanol–water partition coefficient (Wildman–Crippen LogP) is 13.1. The van der Waals surface area contributed by atoms with E-state index in [0.717, 1.165) is 76.2 Å². The molecule has 110 heavy (non-hydrogen) atoms. The zero-order valence-electron chi connectivity index (χ0n) is 64.7. The summed E-state index contributed by atoms with van der Waals surface area (Å²) in [7, 11) is -5.61. The fraction of sp³-hybridized carbons (Fsp3) is 0.537. The lowest BCUT2D eigenvalue weighted by Gasteiger charge is -2.33. The van der Waals surface area contributed by atoms with Gasteiger partial charge in [-0.3, -0.25) is 61.7 Å². The number of aliphatic hydroxyl groups excluding tert-OH is 1. The third kappa shape index (κ3) is 21.6. The molecule has 2 fully saturated rings. The van der Waals surface area contributed by atoms with E-state index >= 15 is 8.78 Å². The SMILES string of the molecule is C/C(=C\C(=O)C[C@H]1CCc2cccc3c2N(C1=O)[C@H](C(=O)N[C@@H](CCC(N)=O)[C@@H](C)OCc1ccc(CCCCCOc2cc(-c4scnc4C)ccc2CNC(=O)[C@@H]2C[C@@H](O)CC2C(=O)[C@@H](NC(=O)C2(F)CC2)C(C)(C)C)cc1)C3)c1ccc(C(F)(F)P(=O)(OCOC(=O)C(C)(C)C)OCOC(=O)C(C)(C)C)cc1. The van der Waals surface area contributed by atoms with Crippen molar-refractivity contribution in [3.8, 4) is 16.2 Å². The summed E-state index contributed by atoms with van der Waals surface area (Å²) in [5, 5.41) is 19.5. The Labute approximate surface area is 645 Å². The summed E-state index contributed by atoms with van der Waals surface area (Å²) in [6.07, 6.45) is 3.94. The van der Waals surface area contributed by atoms with Crippen LogP contribution in [0.15, 0.2) is 96.5 Å². The number of esters is 2. The molecule has 0 saturated heterocycles. The monoisotopic (exact) mass is 1560 g/mol. The van der Waals surface area contributed by atoms with Gasteiger partial charge < -0.3 is 45.7 Å². The van der Waals surface area contributed by atoms with Gasteiger partial charge in [0.2, 0.25) is 37.2 Å². The van der Waals surface area contributed by atoms with Crippen molar-refractivity contribution in [2.45, 2.75) is 228 Å². The lowest BCUT2D eigenvalue weighted by molar-refractivity contribution is -0.163. The number of Topliss-reactive ketones (excluding diaryl/α,β-unsaturated/α-hetero) is 1. The average molecular weight is 1570 g/mol. The molecule has 3 heterocycles. The Kier molecular flexibility index (Phi) is 27.9. The zero-order valence-corrected chi connectivity index (χ0v) is 66.4. The number of allylic oxidation sites excluding steroid dienone is 2. The second-order valence-corrected chi connectivity index (χ2v) is 35.4. The largest absolute Gasteiger partial charge is 0.493 e. The van der Waals surface area contributed by atoms with Crippen LogP contribution >= 0.6 is 18.9 Å². The first-order chi connectivity index (χ1) is 51.7. The molecule has 2 aliphatic carbocycles. The number of para-hydroxylation sites is 1. The summed E-state index contributed by atoms with van der Waals surface area (Å²) in [6.45, 7) is 18.0. The number of ketones is 2. The van der Waals surface area contributed by atoms with Gasteiger partial charge in [-0.25, -0.2) is 9.37 Å². The number of unbranched alkanes of at least 4 members (excludes halogenated alkanes) is 2. The van der Waals surface area contributed by atoms with Gasteiger partial charge in [-0.1, -0.05) is 99.6 Å². The van der Waals surface area contributed by atoms with Crippen molar-refractivity contribution >= 4 is 83.2 Å². The van der Waals surface area contributed by atoms with Gasteiger partial charge in [-0.15, -0.1) is 11.3 Å². The minimum Gasteiger partial charge on any atom is -0.493 e. The smallest absolute Gasteiger partial charge is 0.410 e. The number of primary amides is 1. The summed E-state index contributed by atoms with van der Waals surface area (Å²) >= 11 is 1.50. The number of benzene rings is 4. The van der Waals surface area contributed by atoms with Crippen LogP contribution in [0.1, 0.15) is 191 Å². The molecule has 4 aromatic carbocycles. The average Bonchev–Trinajstić information content (AvgIpc) is 1.59. The number of anilines is 1. The second-order valence-electron chi connectivity index (χ2n) is 32.5. The quantitative estimate of drug-likeness (QED) is 0.00818. The minimum atomic E-state index is -5.61. The number of alkyl halides is 3.